The third kappa shape index (κ3) is 2.53. The quantitative estimate of drug-likeness (QED) is 0.850. The number of benzene rings is 1. The Bertz CT molecular complexity index is 632. The molecule has 0 saturated carbocycles. The van der Waals surface area contributed by atoms with Crippen LogP contribution >= 0.6 is 0 Å². The summed E-state index contributed by atoms with van der Waals surface area (Å²) in [5.41, 5.74) is 5.90. The van der Waals surface area contributed by atoms with E-state index in [9.17, 15) is 13.6 Å². The van der Waals surface area contributed by atoms with Crippen molar-refractivity contribution in [2.45, 2.75) is 13.3 Å². The van der Waals surface area contributed by atoms with Gasteiger partial charge in [-0.05, 0) is 24.6 Å². The second kappa shape index (κ2) is 4.56. The summed E-state index contributed by atoms with van der Waals surface area (Å²) in [5.74, 6) is -0.960. The molecule has 1 aromatic heterocycles. The molecule has 3 N–H and O–H groups in total. The van der Waals surface area contributed by atoms with Crippen molar-refractivity contribution in [2.75, 3.05) is 5.73 Å². The molecule has 0 aliphatic heterocycles. The standard InChI is InChI=1S/C12H11F2N3O/c1-6-11(15)16-10(17-12(6)18)4-7-2-8(13)5-9(14)3-7/h2-3,5H,4H2,1H3,(H3,15,16,17,18). The number of nitrogens with one attached hydrogen (secondary N) is 1. The maximum Gasteiger partial charge on any atom is 0.255 e. The maximum absolute atomic E-state index is 13.0. The fraction of sp³-hybridized carbons (Fsp3) is 0.167. The Morgan fingerprint density at radius 2 is 1.89 bits per heavy atom. The Morgan fingerprint density at radius 3 is 2.44 bits per heavy atom. The number of nitrogens with zero attached hydrogens (tertiary/aromatic N) is 1. The average Bonchev–Trinajstić information content (AvgIpc) is 2.24. The highest BCUT2D eigenvalue weighted by Gasteiger charge is 2.07. The maximum atomic E-state index is 13.0. The fourth-order valence-electron chi connectivity index (χ4n) is 1.59. The topological polar surface area (TPSA) is 71.8 Å². The number of nitrogen functional groups attached to an aromatic ring is 1. The Morgan fingerprint density at radius 1 is 1.28 bits per heavy atom. The Labute approximate surface area is 101 Å². The zero-order valence-electron chi connectivity index (χ0n) is 9.63. The minimum absolute atomic E-state index is 0.106. The first-order chi connectivity index (χ1) is 8.45. The molecule has 0 fully saturated rings. The molecule has 0 saturated heterocycles. The van der Waals surface area contributed by atoms with Gasteiger partial charge in [0.15, 0.2) is 0 Å². The number of aromatic amines is 1. The summed E-state index contributed by atoms with van der Waals surface area (Å²) in [6.45, 7) is 1.55. The molecule has 0 aliphatic carbocycles. The molecule has 0 spiro atoms. The summed E-state index contributed by atoms with van der Waals surface area (Å²) in [6, 6.07) is 3.14. The van der Waals surface area contributed by atoms with Crippen LogP contribution in [0.4, 0.5) is 14.6 Å². The molecule has 2 rings (SSSR count). The lowest BCUT2D eigenvalue weighted by Crippen LogP contribution is -2.17. The molecule has 1 heterocycles. The van der Waals surface area contributed by atoms with Crippen LogP contribution in [0.3, 0.4) is 0 Å². The zero-order chi connectivity index (χ0) is 13.3. The van der Waals surface area contributed by atoms with Gasteiger partial charge in [-0.15, -0.1) is 0 Å². The van der Waals surface area contributed by atoms with Crippen molar-refractivity contribution in [3.63, 3.8) is 0 Å². The third-order valence-electron chi connectivity index (χ3n) is 2.53. The average molecular weight is 251 g/mol. The van der Waals surface area contributed by atoms with Crippen LogP contribution in [0.25, 0.3) is 0 Å². The van der Waals surface area contributed by atoms with Gasteiger partial charge in [0, 0.05) is 12.5 Å². The summed E-state index contributed by atoms with van der Waals surface area (Å²) >= 11 is 0. The van der Waals surface area contributed by atoms with Gasteiger partial charge in [0.25, 0.3) is 5.56 Å². The van der Waals surface area contributed by atoms with Crippen molar-refractivity contribution in [3.05, 3.63) is 57.1 Å². The first kappa shape index (κ1) is 12.2. The van der Waals surface area contributed by atoms with E-state index in [-0.39, 0.29) is 23.6 Å². The van der Waals surface area contributed by atoms with Gasteiger partial charge in [-0.2, -0.15) is 0 Å². The predicted octanol–water partition coefficient (Wildman–Crippen LogP) is 1.53. The van der Waals surface area contributed by atoms with Crippen molar-refractivity contribution < 1.29 is 8.78 Å². The van der Waals surface area contributed by atoms with E-state index < -0.39 is 11.6 Å². The summed E-state index contributed by atoms with van der Waals surface area (Å²) < 4.78 is 26.0. The molecule has 0 aliphatic rings. The normalized spacial score (nSPS) is 10.6. The van der Waals surface area contributed by atoms with Gasteiger partial charge in [0.05, 0.1) is 5.56 Å². The van der Waals surface area contributed by atoms with Crippen molar-refractivity contribution in [3.8, 4) is 0 Å². The van der Waals surface area contributed by atoms with Crippen LogP contribution in [0.1, 0.15) is 17.0 Å². The van der Waals surface area contributed by atoms with Gasteiger partial charge in [-0.25, -0.2) is 13.8 Å². The predicted molar refractivity (Wildman–Crippen MR) is 63.2 cm³/mol. The van der Waals surface area contributed by atoms with E-state index >= 15 is 0 Å². The number of anilines is 1. The highest BCUT2D eigenvalue weighted by molar-refractivity contribution is 5.36. The van der Waals surface area contributed by atoms with Gasteiger partial charge < -0.3 is 10.7 Å². The first-order valence-electron chi connectivity index (χ1n) is 5.26. The van der Waals surface area contributed by atoms with Gasteiger partial charge in [0.1, 0.15) is 23.3 Å². The summed E-state index contributed by atoms with van der Waals surface area (Å²) in [7, 11) is 0. The van der Waals surface area contributed by atoms with E-state index in [0.29, 0.717) is 11.1 Å². The number of rotatable bonds is 2. The Balaban J connectivity index is 2.37. The van der Waals surface area contributed by atoms with Gasteiger partial charge in [-0.1, -0.05) is 0 Å². The second-order valence-corrected chi connectivity index (χ2v) is 3.98. The van der Waals surface area contributed by atoms with Crippen LogP contribution in [-0.4, -0.2) is 9.97 Å². The lowest BCUT2D eigenvalue weighted by Gasteiger charge is -2.04. The van der Waals surface area contributed by atoms with E-state index in [1.807, 2.05) is 0 Å². The highest BCUT2D eigenvalue weighted by Crippen LogP contribution is 2.11. The number of hydrogen-bond acceptors (Lipinski definition) is 3. The van der Waals surface area contributed by atoms with Crippen molar-refractivity contribution >= 4 is 5.82 Å². The van der Waals surface area contributed by atoms with Crippen LogP contribution in [-0.2, 0) is 6.42 Å². The SMILES string of the molecule is Cc1c(N)nc(Cc2cc(F)cc(F)c2)[nH]c1=O. The van der Waals surface area contributed by atoms with Gasteiger partial charge in [0.2, 0.25) is 0 Å². The zero-order valence-corrected chi connectivity index (χ0v) is 9.63. The van der Waals surface area contributed by atoms with E-state index in [1.54, 1.807) is 6.92 Å². The molecule has 0 radical (unpaired) electrons. The minimum atomic E-state index is -0.674. The Hall–Kier alpha value is -2.24. The number of H-pyrrole nitrogens is 1. The molecule has 4 nitrogen and oxygen atoms in total. The van der Waals surface area contributed by atoms with Crippen LogP contribution < -0.4 is 11.3 Å². The lowest BCUT2D eigenvalue weighted by molar-refractivity contribution is 0.580. The number of aromatic nitrogens is 2. The number of halogens is 2. The molecule has 0 atom stereocenters. The monoisotopic (exact) mass is 251 g/mol. The minimum Gasteiger partial charge on any atom is -0.383 e. The second-order valence-electron chi connectivity index (χ2n) is 3.98. The van der Waals surface area contributed by atoms with Crippen molar-refractivity contribution in [1.29, 1.82) is 0 Å². The van der Waals surface area contributed by atoms with Gasteiger partial charge >= 0.3 is 0 Å². The molecule has 18 heavy (non-hydrogen) atoms. The smallest absolute Gasteiger partial charge is 0.255 e. The summed E-state index contributed by atoms with van der Waals surface area (Å²) in [5, 5.41) is 0. The third-order valence-corrected chi connectivity index (χ3v) is 2.53. The highest BCUT2D eigenvalue weighted by atomic mass is 19.1. The molecule has 1 aromatic carbocycles. The van der Waals surface area contributed by atoms with E-state index in [1.165, 1.54) is 12.1 Å². The van der Waals surface area contributed by atoms with E-state index in [0.717, 1.165) is 6.07 Å². The molecule has 94 valence electrons. The lowest BCUT2D eigenvalue weighted by atomic mass is 10.1. The number of hydrogen-bond donors (Lipinski definition) is 2. The fourth-order valence-corrected chi connectivity index (χ4v) is 1.59. The Kier molecular flexibility index (Phi) is 3.10. The molecule has 0 bridgehead atoms. The summed E-state index contributed by atoms with van der Waals surface area (Å²) in [6.07, 6.45) is 0.106. The van der Waals surface area contributed by atoms with Crippen LogP contribution in [0.2, 0.25) is 0 Å². The molecule has 0 unspecified atom stereocenters. The van der Waals surface area contributed by atoms with Crippen LogP contribution in [0, 0.1) is 18.6 Å². The van der Waals surface area contributed by atoms with Crippen LogP contribution in [0.5, 0.6) is 0 Å². The molecule has 6 heteroatoms. The summed E-state index contributed by atoms with van der Waals surface area (Å²) in [4.78, 5) is 17.9. The van der Waals surface area contributed by atoms with Gasteiger partial charge in [-0.3, -0.25) is 4.79 Å². The van der Waals surface area contributed by atoms with Crippen LogP contribution in [0.15, 0.2) is 23.0 Å². The first-order valence-corrected chi connectivity index (χ1v) is 5.26. The van der Waals surface area contributed by atoms with E-state index in [2.05, 4.69) is 9.97 Å². The largest absolute Gasteiger partial charge is 0.383 e. The van der Waals surface area contributed by atoms with Crippen molar-refractivity contribution in [2.24, 2.45) is 0 Å². The molecular formula is C12H11F2N3O. The molecule has 0 amide bonds. The van der Waals surface area contributed by atoms with Crippen molar-refractivity contribution in [1.82, 2.24) is 9.97 Å². The molecule has 2 aromatic rings. The molecular weight excluding hydrogens is 240 g/mol. The number of nitrogens with two attached hydrogens (primary N) is 1. The van der Waals surface area contributed by atoms with E-state index in [4.69, 9.17) is 5.73 Å².